The number of rotatable bonds is 1. The van der Waals surface area contributed by atoms with E-state index in [-0.39, 0.29) is 16.2 Å². The Morgan fingerprint density at radius 1 is 1.05 bits per heavy atom. The highest BCUT2D eigenvalue weighted by atomic mass is 35.5. The van der Waals surface area contributed by atoms with Gasteiger partial charge in [0, 0.05) is 0 Å². The number of hydrogen-bond donors (Lipinski definition) is 0. The Balaban J connectivity index is 2.45. The average Bonchev–Trinajstić information content (AvgIpc) is 2.39. The van der Waals surface area contributed by atoms with Crippen LogP contribution in [0.4, 0.5) is 4.39 Å². The van der Waals surface area contributed by atoms with Crippen LogP contribution in [0.3, 0.4) is 0 Å². The van der Waals surface area contributed by atoms with Crippen LogP contribution in [0, 0.1) is 5.82 Å². The van der Waals surface area contributed by atoms with E-state index >= 15 is 0 Å². The van der Waals surface area contributed by atoms with Crippen LogP contribution in [-0.2, 0) is 0 Å². The molecule has 0 amide bonds. The summed E-state index contributed by atoms with van der Waals surface area (Å²) in [6.07, 6.45) is 0. The van der Waals surface area contributed by atoms with E-state index < -0.39 is 11.4 Å². The number of benzene rings is 2. The molecule has 3 aromatic rings. The van der Waals surface area contributed by atoms with Crippen LogP contribution in [0.2, 0.25) is 5.28 Å². The molecule has 3 rings (SSSR count). The smallest absolute Gasteiger partial charge is 0.268 e. The molecule has 0 saturated heterocycles. The van der Waals surface area contributed by atoms with Crippen molar-refractivity contribution in [2.24, 2.45) is 0 Å². The molecule has 0 unspecified atom stereocenters. The fraction of sp³-hybridized carbons (Fsp3) is 0. The van der Waals surface area contributed by atoms with Crippen molar-refractivity contribution >= 4 is 22.5 Å². The predicted octanol–water partition coefficient (Wildman–Crippen LogP) is 3.18. The van der Waals surface area contributed by atoms with Crippen molar-refractivity contribution in [2.75, 3.05) is 0 Å². The van der Waals surface area contributed by atoms with Crippen LogP contribution in [0.15, 0.2) is 53.3 Å². The second kappa shape index (κ2) is 4.48. The monoisotopic (exact) mass is 274 g/mol. The van der Waals surface area contributed by atoms with Gasteiger partial charge < -0.3 is 0 Å². The molecule has 94 valence electrons. The first kappa shape index (κ1) is 11.9. The molecule has 19 heavy (non-hydrogen) atoms. The summed E-state index contributed by atoms with van der Waals surface area (Å²) in [5.74, 6) is -0.601. The molecule has 3 nitrogen and oxygen atoms in total. The lowest BCUT2D eigenvalue weighted by atomic mass is 10.2. The van der Waals surface area contributed by atoms with E-state index in [9.17, 15) is 9.18 Å². The Hall–Kier alpha value is -2.20. The molecule has 0 atom stereocenters. The highest BCUT2D eigenvalue weighted by Crippen LogP contribution is 2.17. The first-order chi connectivity index (χ1) is 9.18. The summed E-state index contributed by atoms with van der Waals surface area (Å²) < 4.78 is 15.0. The number of halogens is 2. The van der Waals surface area contributed by atoms with E-state index in [1.165, 1.54) is 16.7 Å². The van der Waals surface area contributed by atoms with E-state index in [0.717, 1.165) is 0 Å². The van der Waals surface area contributed by atoms with E-state index in [0.29, 0.717) is 5.69 Å². The Kier molecular flexibility index (Phi) is 2.80. The van der Waals surface area contributed by atoms with Crippen LogP contribution in [0.5, 0.6) is 0 Å². The van der Waals surface area contributed by atoms with Crippen LogP contribution in [0.25, 0.3) is 16.6 Å². The lowest BCUT2D eigenvalue weighted by Gasteiger charge is -2.09. The van der Waals surface area contributed by atoms with Gasteiger partial charge in [0.25, 0.3) is 5.56 Å². The standard InChI is InChI=1S/C14H8ClFN2O/c15-14-17-11-8-4-7-10(16)12(11)13(19)18(14)9-5-2-1-3-6-9/h1-8H. The number of para-hydroxylation sites is 1. The van der Waals surface area contributed by atoms with Crippen molar-refractivity contribution < 1.29 is 4.39 Å². The first-order valence-electron chi connectivity index (χ1n) is 5.60. The van der Waals surface area contributed by atoms with Gasteiger partial charge in [0.05, 0.1) is 11.2 Å². The molecule has 0 N–H and O–H groups in total. The van der Waals surface area contributed by atoms with Crippen molar-refractivity contribution in [3.8, 4) is 5.69 Å². The summed E-state index contributed by atoms with van der Waals surface area (Å²) in [5.41, 5.74) is 0.289. The summed E-state index contributed by atoms with van der Waals surface area (Å²) in [7, 11) is 0. The SMILES string of the molecule is O=c1c2c(F)cccc2nc(Cl)n1-c1ccccc1. The highest BCUT2D eigenvalue weighted by molar-refractivity contribution is 6.29. The third kappa shape index (κ3) is 1.90. The molecule has 1 heterocycles. The second-order valence-electron chi connectivity index (χ2n) is 3.99. The van der Waals surface area contributed by atoms with Gasteiger partial charge in [0.1, 0.15) is 11.2 Å². The van der Waals surface area contributed by atoms with E-state index in [1.54, 1.807) is 30.3 Å². The fourth-order valence-electron chi connectivity index (χ4n) is 1.96. The van der Waals surface area contributed by atoms with Gasteiger partial charge in [-0.3, -0.25) is 9.36 Å². The minimum absolute atomic E-state index is 0.00861. The predicted molar refractivity (Wildman–Crippen MR) is 72.3 cm³/mol. The topological polar surface area (TPSA) is 34.9 Å². The van der Waals surface area contributed by atoms with Crippen LogP contribution < -0.4 is 5.56 Å². The minimum Gasteiger partial charge on any atom is -0.268 e. The van der Waals surface area contributed by atoms with Gasteiger partial charge >= 0.3 is 0 Å². The zero-order valence-corrected chi connectivity index (χ0v) is 10.4. The van der Waals surface area contributed by atoms with Crippen molar-refractivity contribution in [3.63, 3.8) is 0 Å². The van der Waals surface area contributed by atoms with Crippen molar-refractivity contribution in [1.82, 2.24) is 9.55 Å². The van der Waals surface area contributed by atoms with E-state index in [4.69, 9.17) is 11.6 Å². The second-order valence-corrected chi connectivity index (χ2v) is 4.33. The first-order valence-corrected chi connectivity index (χ1v) is 5.98. The number of hydrogen-bond acceptors (Lipinski definition) is 2. The zero-order valence-electron chi connectivity index (χ0n) is 9.68. The largest absolute Gasteiger partial charge is 0.269 e. The summed E-state index contributed by atoms with van der Waals surface area (Å²) in [6.45, 7) is 0. The lowest BCUT2D eigenvalue weighted by Crippen LogP contribution is -2.21. The van der Waals surface area contributed by atoms with Gasteiger partial charge in [-0.25, -0.2) is 9.37 Å². The third-order valence-corrected chi connectivity index (χ3v) is 3.07. The number of fused-ring (bicyclic) bond motifs is 1. The Labute approximate surface area is 112 Å². The van der Waals surface area contributed by atoms with E-state index in [1.807, 2.05) is 6.07 Å². The molecule has 2 aromatic carbocycles. The number of nitrogens with zero attached hydrogens (tertiary/aromatic N) is 2. The quantitative estimate of drug-likeness (QED) is 0.639. The van der Waals surface area contributed by atoms with Gasteiger partial charge in [0.15, 0.2) is 0 Å². The van der Waals surface area contributed by atoms with Gasteiger partial charge in [-0.05, 0) is 35.9 Å². The summed E-state index contributed by atoms with van der Waals surface area (Å²) in [4.78, 5) is 16.4. The molecule has 0 saturated carbocycles. The Bertz CT molecular complexity index is 815. The fourth-order valence-corrected chi connectivity index (χ4v) is 2.23. The Morgan fingerprint density at radius 3 is 2.53 bits per heavy atom. The van der Waals surface area contributed by atoms with Crippen molar-refractivity contribution in [2.45, 2.75) is 0 Å². The molecule has 0 spiro atoms. The van der Waals surface area contributed by atoms with Crippen LogP contribution >= 0.6 is 11.6 Å². The van der Waals surface area contributed by atoms with Gasteiger partial charge in [0.2, 0.25) is 5.28 Å². The minimum atomic E-state index is -0.601. The van der Waals surface area contributed by atoms with Crippen molar-refractivity contribution in [3.05, 3.63) is 70.0 Å². The molecule has 5 heteroatoms. The van der Waals surface area contributed by atoms with Gasteiger partial charge in [-0.2, -0.15) is 0 Å². The molecule has 0 bridgehead atoms. The summed E-state index contributed by atoms with van der Waals surface area (Å²) >= 11 is 6.02. The third-order valence-electron chi connectivity index (χ3n) is 2.82. The number of aromatic nitrogens is 2. The maximum Gasteiger partial charge on any atom is 0.269 e. The van der Waals surface area contributed by atoms with Gasteiger partial charge in [-0.1, -0.05) is 24.3 Å². The Morgan fingerprint density at radius 2 is 1.79 bits per heavy atom. The molecule has 0 aliphatic heterocycles. The normalized spacial score (nSPS) is 10.8. The van der Waals surface area contributed by atoms with Crippen LogP contribution in [-0.4, -0.2) is 9.55 Å². The zero-order chi connectivity index (χ0) is 13.4. The molecule has 0 fully saturated rings. The summed E-state index contributed by atoms with van der Waals surface area (Å²) in [5, 5.41) is -0.0509. The molecule has 0 aliphatic carbocycles. The van der Waals surface area contributed by atoms with Crippen molar-refractivity contribution in [1.29, 1.82) is 0 Å². The maximum atomic E-state index is 13.8. The molecule has 0 aliphatic rings. The summed E-state index contributed by atoms with van der Waals surface area (Å²) in [6, 6.07) is 13.1. The van der Waals surface area contributed by atoms with E-state index in [2.05, 4.69) is 4.98 Å². The lowest BCUT2D eigenvalue weighted by molar-refractivity contribution is 0.637. The van der Waals surface area contributed by atoms with Crippen LogP contribution in [0.1, 0.15) is 0 Å². The van der Waals surface area contributed by atoms with Gasteiger partial charge in [-0.15, -0.1) is 0 Å². The maximum absolute atomic E-state index is 13.8. The molecule has 0 radical (unpaired) electrons. The molecular formula is C14H8ClFN2O. The highest BCUT2D eigenvalue weighted by Gasteiger charge is 2.13. The molecule has 1 aromatic heterocycles. The molecular weight excluding hydrogens is 267 g/mol. The average molecular weight is 275 g/mol.